The van der Waals surface area contributed by atoms with E-state index in [9.17, 15) is 4.39 Å². The normalized spacial score (nSPS) is 19.6. The molecule has 0 amide bonds. The highest BCUT2D eigenvalue weighted by Gasteiger charge is 2.39. The van der Waals surface area contributed by atoms with Gasteiger partial charge in [-0.3, -0.25) is 11.3 Å². The van der Waals surface area contributed by atoms with Gasteiger partial charge in [0.05, 0.1) is 0 Å². The third kappa shape index (κ3) is 3.36. The molecular weight excluding hydrogens is 307 g/mol. The monoisotopic (exact) mass is 328 g/mol. The fourth-order valence-electron chi connectivity index (χ4n) is 3.44. The summed E-state index contributed by atoms with van der Waals surface area (Å²) >= 11 is 3.35. The average Bonchev–Trinajstić information content (AvgIpc) is 2.84. The second-order valence-corrected chi connectivity index (χ2v) is 6.54. The van der Waals surface area contributed by atoms with Crippen LogP contribution in [0.3, 0.4) is 0 Å². The molecule has 3 N–H and O–H groups in total. The summed E-state index contributed by atoms with van der Waals surface area (Å²) in [6.45, 7) is 2.23. The predicted molar refractivity (Wildman–Crippen MR) is 80.1 cm³/mol. The molecule has 1 atom stereocenters. The van der Waals surface area contributed by atoms with Gasteiger partial charge in [-0.25, -0.2) is 4.39 Å². The Hall–Kier alpha value is -0.450. The SMILES string of the molecule is CCC1(C(Cc2cc(F)cc(Br)c2)NN)CCCC1. The minimum atomic E-state index is -0.197. The van der Waals surface area contributed by atoms with Gasteiger partial charge in [-0.15, -0.1) is 0 Å². The fraction of sp³-hybridized carbons (Fsp3) is 0.600. The van der Waals surface area contributed by atoms with E-state index >= 15 is 0 Å². The third-order valence-electron chi connectivity index (χ3n) is 4.61. The second-order valence-electron chi connectivity index (χ2n) is 5.62. The number of nitrogens with one attached hydrogen (secondary N) is 1. The molecule has 106 valence electrons. The molecule has 19 heavy (non-hydrogen) atoms. The Morgan fingerprint density at radius 3 is 2.58 bits per heavy atom. The van der Waals surface area contributed by atoms with E-state index in [0.29, 0.717) is 0 Å². The van der Waals surface area contributed by atoms with E-state index in [0.717, 1.165) is 22.9 Å². The van der Waals surface area contributed by atoms with Crippen LogP contribution < -0.4 is 11.3 Å². The molecule has 4 heteroatoms. The lowest BCUT2D eigenvalue weighted by Gasteiger charge is -2.36. The van der Waals surface area contributed by atoms with E-state index in [4.69, 9.17) is 5.84 Å². The Balaban J connectivity index is 2.18. The summed E-state index contributed by atoms with van der Waals surface area (Å²) in [5.74, 6) is 5.58. The van der Waals surface area contributed by atoms with Gasteiger partial charge in [0, 0.05) is 10.5 Å². The van der Waals surface area contributed by atoms with E-state index in [1.165, 1.54) is 31.7 Å². The molecule has 1 aliphatic carbocycles. The molecule has 1 saturated carbocycles. The number of rotatable bonds is 5. The molecule has 1 aromatic rings. The molecule has 0 saturated heterocycles. The molecule has 0 spiro atoms. The first-order chi connectivity index (χ1) is 9.09. The molecule has 2 rings (SSSR count). The third-order valence-corrected chi connectivity index (χ3v) is 5.06. The summed E-state index contributed by atoms with van der Waals surface area (Å²) in [5.41, 5.74) is 4.25. The van der Waals surface area contributed by atoms with Gasteiger partial charge in [-0.05, 0) is 54.9 Å². The maximum atomic E-state index is 13.5. The van der Waals surface area contributed by atoms with Crippen molar-refractivity contribution in [2.75, 3.05) is 0 Å². The van der Waals surface area contributed by atoms with E-state index in [1.807, 2.05) is 6.07 Å². The number of hydrogen-bond acceptors (Lipinski definition) is 2. The standard InChI is InChI=1S/C15H22BrFN2/c1-2-15(5-3-4-6-15)14(19-18)9-11-7-12(16)10-13(17)8-11/h7-8,10,14,19H,2-6,9,18H2,1H3. The summed E-state index contributed by atoms with van der Waals surface area (Å²) in [6, 6.07) is 5.28. The van der Waals surface area contributed by atoms with Crippen LogP contribution in [0.2, 0.25) is 0 Å². The molecule has 0 aliphatic heterocycles. The van der Waals surface area contributed by atoms with Gasteiger partial charge in [0.2, 0.25) is 0 Å². The van der Waals surface area contributed by atoms with E-state index in [-0.39, 0.29) is 17.3 Å². The van der Waals surface area contributed by atoms with Crippen molar-refractivity contribution in [2.24, 2.45) is 11.3 Å². The van der Waals surface area contributed by atoms with Gasteiger partial charge in [0.25, 0.3) is 0 Å². The molecule has 1 aliphatic rings. The lowest BCUT2D eigenvalue weighted by molar-refractivity contribution is 0.185. The molecule has 1 unspecified atom stereocenters. The molecule has 2 nitrogen and oxygen atoms in total. The average molecular weight is 329 g/mol. The van der Waals surface area contributed by atoms with Crippen molar-refractivity contribution < 1.29 is 4.39 Å². The van der Waals surface area contributed by atoms with Crippen LogP contribution >= 0.6 is 15.9 Å². The summed E-state index contributed by atoms with van der Waals surface area (Å²) in [7, 11) is 0. The van der Waals surface area contributed by atoms with Crippen LogP contribution in [0.4, 0.5) is 4.39 Å². The second kappa shape index (κ2) is 6.33. The highest BCUT2D eigenvalue weighted by Crippen LogP contribution is 2.44. The van der Waals surface area contributed by atoms with Crippen LogP contribution in [0.25, 0.3) is 0 Å². The van der Waals surface area contributed by atoms with Gasteiger partial charge < -0.3 is 0 Å². The minimum absolute atomic E-state index is 0.197. The Morgan fingerprint density at radius 2 is 2.05 bits per heavy atom. The smallest absolute Gasteiger partial charge is 0.124 e. The van der Waals surface area contributed by atoms with E-state index in [1.54, 1.807) is 6.07 Å². The zero-order valence-electron chi connectivity index (χ0n) is 11.4. The zero-order valence-corrected chi connectivity index (χ0v) is 13.0. The van der Waals surface area contributed by atoms with Crippen LogP contribution in [0.1, 0.15) is 44.6 Å². The number of halogens is 2. The Bertz CT molecular complexity index is 410. The fourth-order valence-corrected chi connectivity index (χ4v) is 3.96. The van der Waals surface area contributed by atoms with E-state index in [2.05, 4.69) is 28.3 Å². The molecule has 0 aromatic heterocycles. The van der Waals surface area contributed by atoms with Gasteiger partial charge in [0.1, 0.15) is 5.82 Å². The van der Waals surface area contributed by atoms with E-state index < -0.39 is 0 Å². The summed E-state index contributed by atoms with van der Waals surface area (Å²) in [5, 5.41) is 0. The molecular formula is C15H22BrFN2. The largest absolute Gasteiger partial charge is 0.271 e. The van der Waals surface area contributed by atoms with Gasteiger partial charge in [-0.1, -0.05) is 35.7 Å². The van der Waals surface area contributed by atoms with Gasteiger partial charge >= 0.3 is 0 Å². The maximum Gasteiger partial charge on any atom is 0.124 e. The number of hydrogen-bond donors (Lipinski definition) is 2. The van der Waals surface area contributed by atoms with Crippen molar-refractivity contribution >= 4 is 15.9 Å². The number of hydrazine groups is 1. The maximum absolute atomic E-state index is 13.5. The topological polar surface area (TPSA) is 38.0 Å². The lowest BCUT2D eigenvalue weighted by Crippen LogP contribution is -2.48. The van der Waals surface area contributed by atoms with Crippen molar-refractivity contribution in [1.82, 2.24) is 5.43 Å². The quantitative estimate of drug-likeness (QED) is 0.634. The first-order valence-electron chi connectivity index (χ1n) is 7.01. The van der Waals surface area contributed by atoms with Crippen LogP contribution in [0, 0.1) is 11.2 Å². The lowest BCUT2D eigenvalue weighted by atomic mass is 9.74. The molecule has 1 aromatic carbocycles. The Morgan fingerprint density at radius 1 is 1.37 bits per heavy atom. The first kappa shape index (κ1) is 14.9. The Kier molecular flexibility index (Phi) is 4.98. The number of benzene rings is 1. The van der Waals surface area contributed by atoms with Crippen molar-refractivity contribution in [3.05, 3.63) is 34.1 Å². The number of nitrogens with two attached hydrogens (primary N) is 1. The highest BCUT2D eigenvalue weighted by atomic mass is 79.9. The molecule has 0 bridgehead atoms. The van der Waals surface area contributed by atoms with Crippen molar-refractivity contribution in [3.63, 3.8) is 0 Å². The van der Waals surface area contributed by atoms with Crippen LogP contribution in [0.5, 0.6) is 0 Å². The highest BCUT2D eigenvalue weighted by molar-refractivity contribution is 9.10. The zero-order chi connectivity index (χ0) is 13.9. The van der Waals surface area contributed by atoms with Crippen molar-refractivity contribution in [3.8, 4) is 0 Å². The van der Waals surface area contributed by atoms with Gasteiger partial charge in [-0.2, -0.15) is 0 Å². The summed E-state index contributed by atoms with van der Waals surface area (Å²) in [6.07, 6.45) is 6.89. The minimum Gasteiger partial charge on any atom is -0.271 e. The van der Waals surface area contributed by atoms with Crippen LogP contribution in [0.15, 0.2) is 22.7 Å². The first-order valence-corrected chi connectivity index (χ1v) is 7.80. The summed E-state index contributed by atoms with van der Waals surface area (Å²) < 4.78 is 14.2. The predicted octanol–water partition coefficient (Wildman–Crippen LogP) is 3.93. The Labute approximate surface area is 123 Å². The van der Waals surface area contributed by atoms with Crippen LogP contribution in [-0.4, -0.2) is 6.04 Å². The molecule has 0 heterocycles. The summed E-state index contributed by atoms with van der Waals surface area (Å²) in [4.78, 5) is 0. The molecule has 0 radical (unpaired) electrons. The van der Waals surface area contributed by atoms with Crippen molar-refractivity contribution in [2.45, 2.75) is 51.5 Å². The molecule has 1 fully saturated rings. The van der Waals surface area contributed by atoms with Gasteiger partial charge in [0.15, 0.2) is 0 Å². The van der Waals surface area contributed by atoms with Crippen molar-refractivity contribution in [1.29, 1.82) is 0 Å². The van der Waals surface area contributed by atoms with Crippen LogP contribution in [-0.2, 0) is 6.42 Å².